The van der Waals surface area contributed by atoms with E-state index in [1.54, 1.807) is 24.3 Å². The van der Waals surface area contributed by atoms with Crippen LogP contribution in [0.3, 0.4) is 0 Å². The van der Waals surface area contributed by atoms with Crippen molar-refractivity contribution in [1.82, 2.24) is 4.98 Å². The number of rotatable bonds is 5. The molecule has 0 radical (unpaired) electrons. The molecule has 6 heteroatoms. The Hall–Kier alpha value is -3.28. The summed E-state index contributed by atoms with van der Waals surface area (Å²) in [7, 11) is 0. The number of carbonyl (C=O) groups excluding carboxylic acids is 1. The highest BCUT2D eigenvalue weighted by molar-refractivity contribution is 6.02. The molecule has 3 rings (SSSR count). The van der Waals surface area contributed by atoms with Gasteiger partial charge in [0.05, 0.1) is 12.1 Å². The highest BCUT2D eigenvalue weighted by Gasteiger charge is 2.04. The van der Waals surface area contributed by atoms with E-state index in [2.05, 4.69) is 10.3 Å². The fourth-order valence-corrected chi connectivity index (χ4v) is 2.28. The van der Waals surface area contributed by atoms with E-state index in [1.807, 2.05) is 31.2 Å². The largest absolute Gasteiger partial charge is 0.493 e. The Morgan fingerprint density at radius 1 is 1.29 bits per heavy atom. The summed E-state index contributed by atoms with van der Waals surface area (Å²) in [5.41, 5.74) is 2.36. The normalized spacial score (nSPS) is 11.0. The molecule has 0 saturated heterocycles. The van der Waals surface area contributed by atoms with Crippen LogP contribution in [-0.2, 0) is 4.79 Å². The molecule has 0 aliphatic heterocycles. The quantitative estimate of drug-likeness (QED) is 0.706. The first kappa shape index (κ1) is 15.6. The van der Waals surface area contributed by atoms with E-state index >= 15 is 0 Å². The lowest BCUT2D eigenvalue weighted by Gasteiger charge is -2.06. The Morgan fingerprint density at radius 3 is 2.96 bits per heavy atom. The van der Waals surface area contributed by atoms with E-state index in [4.69, 9.17) is 9.15 Å². The molecule has 1 amide bonds. The van der Waals surface area contributed by atoms with Crippen LogP contribution in [0.15, 0.2) is 57.8 Å². The van der Waals surface area contributed by atoms with Crippen LogP contribution in [-0.4, -0.2) is 17.5 Å². The second-order valence-corrected chi connectivity index (χ2v) is 5.02. The maximum Gasteiger partial charge on any atom is 0.417 e. The van der Waals surface area contributed by atoms with E-state index in [9.17, 15) is 9.59 Å². The maximum absolute atomic E-state index is 12.1. The average Bonchev–Trinajstić information content (AvgIpc) is 2.93. The van der Waals surface area contributed by atoms with Crippen molar-refractivity contribution in [2.24, 2.45) is 0 Å². The summed E-state index contributed by atoms with van der Waals surface area (Å²) in [5, 5.41) is 2.73. The number of nitrogens with one attached hydrogen (secondary N) is 2. The summed E-state index contributed by atoms with van der Waals surface area (Å²) in [5.74, 6) is -0.0890. The van der Waals surface area contributed by atoms with Gasteiger partial charge in [0.2, 0.25) is 5.91 Å². The van der Waals surface area contributed by atoms with Crippen molar-refractivity contribution in [3.63, 3.8) is 0 Å². The van der Waals surface area contributed by atoms with E-state index in [1.165, 1.54) is 6.08 Å². The molecule has 3 aromatic rings. The zero-order valence-electron chi connectivity index (χ0n) is 13.0. The number of oxazole rings is 1. The van der Waals surface area contributed by atoms with Gasteiger partial charge in [0.1, 0.15) is 5.75 Å². The first-order chi connectivity index (χ1) is 11.7. The topological polar surface area (TPSA) is 84.3 Å². The fourth-order valence-electron chi connectivity index (χ4n) is 2.28. The highest BCUT2D eigenvalue weighted by atomic mass is 16.5. The molecule has 1 aromatic heterocycles. The van der Waals surface area contributed by atoms with E-state index in [0.29, 0.717) is 23.4 Å². The lowest BCUT2D eigenvalue weighted by atomic mass is 10.2. The standard InChI is InChI=1S/C18H16N2O4/c1-2-23-15-6-4-3-5-12(15)7-10-17(21)19-13-8-9-16-14(11-13)20-18(22)24-16/h3-11H,2H2,1H3,(H,19,21)(H,20,22)/b10-7+. The van der Waals surface area contributed by atoms with Gasteiger partial charge in [-0.15, -0.1) is 0 Å². The highest BCUT2D eigenvalue weighted by Crippen LogP contribution is 2.20. The van der Waals surface area contributed by atoms with Gasteiger partial charge in [0, 0.05) is 17.3 Å². The minimum atomic E-state index is -0.527. The predicted octanol–water partition coefficient (Wildman–Crippen LogP) is 3.17. The molecule has 0 bridgehead atoms. The van der Waals surface area contributed by atoms with Gasteiger partial charge >= 0.3 is 5.76 Å². The van der Waals surface area contributed by atoms with Gasteiger partial charge in [-0.25, -0.2) is 4.79 Å². The first-order valence-corrected chi connectivity index (χ1v) is 7.49. The molecule has 0 aliphatic carbocycles. The maximum atomic E-state index is 12.1. The van der Waals surface area contributed by atoms with Crippen molar-refractivity contribution >= 4 is 28.8 Å². The Morgan fingerprint density at radius 2 is 2.12 bits per heavy atom. The second kappa shape index (κ2) is 6.87. The molecule has 0 fully saturated rings. The Labute approximate surface area is 137 Å². The molecule has 24 heavy (non-hydrogen) atoms. The number of ether oxygens (including phenoxy) is 1. The Balaban J connectivity index is 1.73. The summed E-state index contributed by atoms with van der Waals surface area (Å²) in [6, 6.07) is 12.4. The van der Waals surface area contributed by atoms with Gasteiger partial charge in [-0.1, -0.05) is 18.2 Å². The summed E-state index contributed by atoms with van der Waals surface area (Å²) >= 11 is 0. The molecule has 2 N–H and O–H groups in total. The van der Waals surface area contributed by atoms with Gasteiger partial charge in [0.25, 0.3) is 0 Å². The third kappa shape index (κ3) is 3.55. The van der Waals surface area contributed by atoms with E-state index in [0.717, 1.165) is 11.3 Å². The van der Waals surface area contributed by atoms with Crippen LogP contribution in [0, 0.1) is 0 Å². The van der Waals surface area contributed by atoms with Crippen molar-refractivity contribution in [3.8, 4) is 5.75 Å². The molecular formula is C18H16N2O4. The van der Waals surface area contributed by atoms with E-state index in [-0.39, 0.29) is 5.91 Å². The van der Waals surface area contributed by atoms with Gasteiger partial charge in [-0.2, -0.15) is 0 Å². The smallest absolute Gasteiger partial charge is 0.417 e. The predicted molar refractivity (Wildman–Crippen MR) is 92.1 cm³/mol. The summed E-state index contributed by atoms with van der Waals surface area (Å²) < 4.78 is 10.4. The third-order valence-electron chi connectivity index (χ3n) is 3.32. The van der Waals surface area contributed by atoms with Crippen LogP contribution in [0.5, 0.6) is 5.75 Å². The molecule has 2 aromatic carbocycles. The van der Waals surface area contributed by atoms with Gasteiger partial charge in [-0.3, -0.25) is 9.78 Å². The Bertz CT molecular complexity index is 953. The molecule has 6 nitrogen and oxygen atoms in total. The van der Waals surface area contributed by atoms with Crippen LogP contribution < -0.4 is 15.8 Å². The summed E-state index contributed by atoms with van der Waals surface area (Å²) in [6.07, 6.45) is 3.12. The number of H-pyrrole nitrogens is 1. The minimum Gasteiger partial charge on any atom is -0.493 e. The zero-order chi connectivity index (χ0) is 16.9. The molecule has 122 valence electrons. The number of hydrogen-bond donors (Lipinski definition) is 2. The van der Waals surface area contributed by atoms with Crippen LogP contribution in [0.4, 0.5) is 5.69 Å². The number of aromatic amines is 1. The molecule has 0 atom stereocenters. The Kier molecular flexibility index (Phi) is 4.47. The number of fused-ring (bicyclic) bond motifs is 1. The summed E-state index contributed by atoms with van der Waals surface area (Å²) in [6.45, 7) is 2.46. The monoisotopic (exact) mass is 324 g/mol. The first-order valence-electron chi connectivity index (χ1n) is 7.49. The second-order valence-electron chi connectivity index (χ2n) is 5.02. The molecule has 1 heterocycles. The number of carbonyl (C=O) groups is 1. The summed E-state index contributed by atoms with van der Waals surface area (Å²) in [4.78, 5) is 25.7. The lowest BCUT2D eigenvalue weighted by molar-refractivity contribution is -0.111. The van der Waals surface area contributed by atoms with E-state index < -0.39 is 5.76 Å². The molecule has 0 spiro atoms. The van der Waals surface area contributed by atoms with Crippen molar-refractivity contribution in [2.45, 2.75) is 6.92 Å². The molecule has 0 unspecified atom stereocenters. The van der Waals surface area contributed by atoms with Crippen LogP contribution in [0.25, 0.3) is 17.2 Å². The third-order valence-corrected chi connectivity index (χ3v) is 3.32. The SMILES string of the molecule is CCOc1ccccc1/C=C/C(=O)Nc1ccc2oc(=O)[nH]c2c1. The number of amides is 1. The van der Waals surface area contributed by atoms with Gasteiger partial charge < -0.3 is 14.5 Å². The van der Waals surface area contributed by atoms with Crippen molar-refractivity contribution in [3.05, 3.63) is 64.7 Å². The number of aromatic nitrogens is 1. The van der Waals surface area contributed by atoms with Crippen molar-refractivity contribution in [1.29, 1.82) is 0 Å². The van der Waals surface area contributed by atoms with Crippen LogP contribution in [0.2, 0.25) is 0 Å². The van der Waals surface area contributed by atoms with Crippen LogP contribution in [0.1, 0.15) is 12.5 Å². The lowest BCUT2D eigenvalue weighted by Crippen LogP contribution is -2.07. The fraction of sp³-hybridized carbons (Fsp3) is 0.111. The van der Waals surface area contributed by atoms with Crippen molar-refractivity contribution in [2.75, 3.05) is 11.9 Å². The minimum absolute atomic E-state index is 0.286. The number of benzene rings is 2. The van der Waals surface area contributed by atoms with Crippen LogP contribution >= 0.6 is 0 Å². The number of anilines is 1. The molecular weight excluding hydrogens is 308 g/mol. The molecule has 0 aliphatic rings. The van der Waals surface area contributed by atoms with Crippen molar-refractivity contribution < 1.29 is 13.9 Å². The van der Waals surface area contributed by atoms with Gasteiger partial charge in [0.15, 0.2) is 5.58 Å². The molecule has 0 saturated carbocycles. The average molecular weight is 324 g/mol. The van der Waals surface area contributed by atoms with Gasteiger partial charge in [-0.05, 0) is 37.3 Å². The number of hydrogen-bond acceptors (Lipinski definition) is 4. The zero-order valence-corrected chi connectivity index (χ0v) is 13.0. The number of para-hydroxylation sites is 1.